The Morgan fingerprint density at radius 3 is 2.14 bits per heavy atom. The van der Waals surface area contributed by atoms with Crippen molar-refractivity contribution >= 4 is 53.9 Å². The predicted molar refractivity (Wildman–Crippen MR) is 120 cm³/mol. The van der Waals surface area contributed by atoms with E-state index < -0.39 is 42.5 Å². The minimum atomic E-state index is -5.71. The van der Waals surface area contributed by atoms with Gasteiger partial charge in [-0.3, -0.25) is 4.72 Å². The van der Waals surface area contributed by atoms with E-state index in [-0.39, 0.29) is 27.7 Å². The van der Waals surface area contributed by atoms with Crippen LogP contribution in [-0.2, 0) is 31.0 Å². The van der Waals surface area contributed by atoms with Gasteiger partial charge in [0.1, 0.15) is 17.2 Å². The summed E-state index contributed by atoms with van der Waals surface area (Å²) in [7, 11) is -15.1. The molecule has 0 bridgehead atoms. The lowest BCUT2D eigenvalue weighted by Gasteiger charge is -2.08. The molecular weight excluding hydrogens is 535 g/mol. The van der Waals surface area contributed by atoms with Crippen molar-refractivity contribution in [3.05, 3.63) is 66.4 Å². The fourth-order valence-corrected chi connectivity index (χ4v) is 4.33. The lowest BCUT2D eigenvalue weighted by atomic mass is 10.2. The molecule has 11 nitrogen and oxygen atoms in total. The molecule has 17 heteroatoms. The summed E-state index contributed by atoms with van der Waals surface area (Å²) < 4.78 is 105. The van der Waals surface area contributed by atoms with Gasteiger partial charge in [0.2, 0.25) is 0 Å². The van der Waals surface area contributed by atoms with Crippen molar-refractivity contribution in [1.29, 1.82) is 0 Å². The minimum absolute atomic E-state index is 0.0367. The van der Waals surface area contributed by atoms with E-state index >= 15 is 0 Å². The summed E-state index contributed by atoms with van der Waals surface area (Å²) in [5.74, 6) is -0.572. The number of sulfonamides is 1. The largest absolute Gasteiger partial charge is 0.488 e. The summed E-state index contributed by atoms with van der Waals surface area (Å²) in [5, 5.41) is 7.50. The van der Waals surface area contributed by atoms with Gasteiger partial charge in [-0.2, -0.15) is 17.7 Å². The number of azo groups is 1. The second-order valence-electron chi connectivity index (χ2n) is 6.59. The number of benzene rings is 2. The van der Waals surface area contributed by atoms with Gasteiger partial charge in [-0.1, -0.05) is 17.7 Å². The first kappa shape index (κ1) is 26.0. The van der Waals surface area contributed by atoms with E-state index in [9.17, 15) is 32.7 Å². The van der Waals surface area contributed by atoms with Gasteiger partial charge in [-0.05, 0) is 55.0 Å². The number of anilines is 1. The molecule has 0 atom stereocenters. The van der Waals surface area contributed by atoms with Crippen molar-refractivity contribution in [2.24, 2.45) is 14.6 Å². The normalized spacial score (nSPS) is 12.5. The highest BCUT2D eigenvalue weighted by Crippen LogP contribution is 2.38. The van der Waals surface area contributed by atoms with E-state index in [0.29, 0.717) is 6.07 Å². The Balaban J connectivity index is 1.91. The van der Waals surface area contributed by atoms with Gasteiger partial charge in [-0.15, -0.1) is 9.48 Å². The molecular formula is C18H14F3N5O6S3. The summed E-state index contributed by atoms with van der Waals surface area (Å²) >= 11 is 0. The van der Waals surface area contributed by atoms with Crippen LogP contribution in [0.2, 0.25) is 0 Å². The summed E-state index contributed by atoms with van der Waals surface area (Å²) in [5.41, 5.74) is -1.10. The Labute approximate surface area is 198 Å². The molecule has 0 saturated heterocycles. The zero-order valence-corrected chi connectivity index (χ0v) is 19.8. The number of aryl methyl sites for hydroxylation is 1. The molecule has 0 amide bonds. The van der Waals surface area contributed by atoms with E-state index in [1.54, 1.807) is 12.1 Å². The third kappa shape index (κ3) is 7.72. The van der Waals surface area contributed by atoms with Gasteiger partial charge in [0.15, 0.2) is 5.75 Å². The predicted octanol–water partition coefficient (Wildman–Crippen LogP) is 5.07. The molecule has 0 spiro atoms. The highest BCUT2D eigenvalue weighted by Gasteiger charge is 2.17. The lowest BCUT2D eigenvalue weighted by molar-refractivity contribution is 0.439. The van der Waals surface area contributed by atoms with Crippen molar-refractivity contribution in [2.45, 2.75) is 11.8 Å². The molecule has 1 N–H and O–H groups in total. The second kappa shape index (κ2) is 9.96. The third-order valence-electron chi connectivity index (χ3n) is 3.99. The Morgan fingerprint density at radius 2 is 1.57 bits per heavy atom. The third-order valence-corrected chi connectivity index (χ3v) is 6.15. The topological polar surface area (TPSA) is 157 Å². The maximum atomic E-state index is 13.0. The first-order valence-corrected chi connectivity index (χ1v) is 13.2. The van der Waals surface area contributed by atoms with E-state index in [0.717, 1.165) is 6.07 Å². The molecule has 1 heterocycles. The van der Waals surface area contributed by atoms with Gasteiger partial charge in [0.05, 0.1) is 10.6 Å². The summed E-state index contributed by atoms with van der Waals surface area (Å²) in [6, 6.07) is 11.2. The second-order valence-corrected chi connectivity index (χ2v) is 10.2. The van der Waals surface area contributed by atoms with Crippen LogP contribution < -0.4 is 8.91 Å². The molecule has 1 aromatic heterocycles. The smallest absolute Gasteiger partial charge is 0.358 e. The molecule has 3 aromatic rings. The number of hydrogen-bond donors (Lipinski definition) is 1. The molecule has 0 radical (unpaired) electrons. The van der Waals surface area contributed by atoms with E-state index in [1.807, 2.05) is 0 Å². The fraction of sp³-hybridized carbons (Fsp3) is 0.0556. The maximum absolute atomic E-state index is 13.0. The molecule has 3 rings (SSSR count). The molecule has 186 valence electrons. The number of aromatic nitrogens is 1. The maximum Gasteiger partial charge on any atom is 0.488 e. The Kier molecular flexibility index (Phi) is 7.41. The van der Waals surface area contributed by atoms with Crippen LogP contribution in [0.4, 0.5) is 34.5 Å². The van der Waals surface area contributed by atoms with Crippen LogP contribution in [0.25, 0.3) is 0 Å². The zero-order chi connectivity index (χ0) is 25.9. The molecule has 0 saturated carbocycles. The number of rotatable bonds is 8. The quantitative estimate of drug-likeness (QED) is 0.304. The number of halogens is 3. The zero-order valence-electron chi connectivity index (χ0n) is 17.4. The van der Waals surface area contributed by atoms with Crippen molar-refractivity contribution in [2.75, 3.05) is 4.72 Å². The van der Waals surface area contributed by atoms with Crippen LogP contribution in [-0.4, -0.2) is 26.0 Å². The summed E-state index contributed by atoms with van der Waals surface area (Å²) in [6.07, 6.45) is 1.41. The number of pyridine rings is 1. The van der Waals surface area contributed by atoms with Crippen molar-refractivity contribution in [3.8, 4) is 5.75 Å². The van der Waals surface area contributed by atoms with Gasteiger partial charge in [0, 0.05) is 12.3 Å². The SMILES string of the molecule is Cc1cc(N=Nc2ccc(S(=O)(=O)Nc3ccccn3)cc2)c(N=S(=O)(F)F)cc1OS(=O)(=O)F. The Morgan fingerprint density at radius 1 is 0.886 bits per heavy atom. The van der Waals surface area contributed by atoms with Crippen LogP contribution in [0.3, 0.4) is 0 Å². The molecule has 0 unspecified atom stereocenters. The highest BCUT2D eigenvalue weighted by atomic mass is 32.3. The highest BCUT2D eigenvalue weighted by molar-refractivity contribution is 7.92. The van der Waals surface area contributed by atoms with Crippen molar-refractivity contribution < 1.29 is 36.9 Å². The van der Waals surface area contributed by atoms with Gasteiger partial charge in [-0.25, -0.2) is 13.4 Å². The number of hydrogen-bond acceptors (Lipinski definition) is 10. The number of nitrogens with one attached hydrogen (secondary N) is 1. The lowest BCUT2D eigenvalue weighted by Crippen LogP contribution is -2.13. The molecule has 0 aliphatic heterocycles. The van der Waals surface area contributed by atoms with Crippen LogP contribution in [0.15, 0.2) is 80.3 Å². The van der Waals surface area contributed by atoms with E-state index in [1.165, 1.54) is 43.5 Å². The molecule has 2 aromatic carbocycles. The molecule has 0 fully saturated rings. The van der Waals surface area contributed by atoms with Crippen LogP contribution in [0.5, 0.6) is 5.75 Å². The van der Waals surface area contributed by atoms with Gasteiger partial charge < -0.3 is 4.18 Å². The number of nitrogens with zero attached hydrogens (tertiary/aromatic N) is 4. The molecule has 0 aliphatic rings. The Hall–Kier alpha value is -3.57. The van der Waals surface area contributed by atoms with Crippen LogP contribution >= 0.6 is 0 Å². The average molecular weight is 550 g/mol. The summed E-state index contributed by atoms with van der Waals surface area (Å²) in [6.45, 7) is 1.26. The van der Waals surface area contributed by atoms with Crippen molar-refractivity contribution in [1.82, 2.24) is 4.98 Å². The minimum Gasteiger partial charge on any atom is -0.358 e. The molecule has 0 aliphatic carbocycles. The van der Waals surface area contributed by atoms with Gasteiger partial charge >= 0.3 is 21.0 Å². The van der Waals surface area contributed by atoms with Gasteiger partial charge in [0.25, 0.3) is 10.0 Å². The summed E-state index contributed by atoms with van der Waals surface area (Å²) in [4.78, 5) is 3.74. The standard InChI is InChI=1S/C18H14F3N5O6S3/c1-12-10-15(16(25-34(19,20)29)11-17(12)32-35(21,30)31)24-23-13-5-7-14(8-6-13)33(27,28)26-18-4-2-3-9-22-18/h2-11H,1H3,(H,22,26). The molecule has 35 heavy (non-hydrogen) atoms. The van der Waals surface area contributed by atoms with E-state index in [2.05, 4.69) is 28.5 Å². The van der Waals surface area contributed by atoms with Crippen molar-refractivity contribution in [3.63, 3.8) is 0 Å². The first-order valence-electron chi connectivity index (χ1n) is 9.13. The Bertz CT molecular complexity index is 1600. The average Bonchev–Trinajstić information content (AvgIpc) is 2.73. The van der Waals surface area contributed by atoms with Crippen LogP contribution in [0.1, 0.15) is 5.56 Å². The fourth-order valence-electron chi connectivity index (χ4n) is 2.55. The van der Waals surface area contributed by atoms with E-state index in [4.69, 9.17) is 0 Å². The first-order chi connectivity index (χ1) is 16.2. The monoisotopic (exact) mass is 549 g/mol. The van der Waals surface area contributed by atoms with Crippen LogP contribution in [0, 0.1) is 6.92 Å².